The Morgan fingerprint density at radius 1 is 1.39 bits per heavy atom. The van der Waals surface area contributed by atoms with Crippen LogP contribution >= 0.6 is 15.9 Å². The summed E-state index contributed by atoms with van der Waals surface area (Å²) in [6.07, 6.45) is 0.661. The Bertz CT molecular complexity index is 510. The lowest BCUT2D eigenvalue weighted by atomic mass is 10.1. The van der Waals surface area contributed by atoms with E-state index in [4.69, 9.17) is 4.52 Å². The van der Waals surface area contributed by atoms with Gasteiger partial charge in [0.1, 0.15) is 0 Å². The highest BCUT2D eigenvalue weighted by molar-refractivity contribution is 9.10. The van der Waals surface area contributed by atoms with Crippen LogP contribution in [-0.4, -0.2) is 16.2 Å². The third-order valence-electron chi connectivity index (χ3n) is 2.42. The van der Waals surface area contributed by atoms with Gasteiger partial charge in [0.25, 0.3) is 0 Å². The molecule has 2 aromatic rings. The first-order chi connectivity index (χ1) is 8.63. The van der Waals surface area contributed by atoms with Crippen LogP contribution in [0.5, 0.6) is 0 Å². The molecular formula is C13H16BrN3O. The van der Waals surface area contributed by atoms with E-state index in [0.717, 1.165) is 10.0 Å². The predicted octanol–water partition coefficient (Wildman–Crippen LogP) is 2.92. The average Bonchev–Trinajstić information content (AvgIpc) is 2.74. The van der Waals surface area contributed by atoms with Gasteiger partial charge in [-0.3, -0.25) is 0 Å². The second-order valence-corrected chi connectivity index (χ2v) is 5.36. The van der Waals surface area contributed by atoms with E-state index in [9.17, 15) is 0 Å². The highest BCUT2D eigenvalue weighted by Crippen LogP contribution is 2.14. The first-order valence-electron chi connectivity index (χ1n) is 5.93. The largest absolute Gasteiger partial charge is 0.339 e. The Hall–Kier alpha value is -1.20. The van der Waals surface area contributed by atoms with Crippen molar-refractivity contribution in [2.45, 2.75) is 32.9 Å². The standard InChI is InChI=1S/C13H16BrN3O/c1-9(2)15-8-12-16-13(18-17-12)7-10-4-3-5-11(14)6-10/h3-6,9,15H,7-8H2,1-2H3. The molecule has 0 saturated heterocycles. The van der Waals surface area contributed by atoms with Crippen LogP contribution in [0.1, 0.15) is 31.1 Å². The molecule has 5 heteroatoms. The second-order valence-electron chi connectivity index (χ2n) is 4.45. The Morgan fingerprint density at radius 3 is 2.94 bits per heavy atom. The minimum Gasteiger partial charge on any atom is -0.339 e. The van der Waals surface area contributed by atoms with Gasteiger partial charge in [-0.1, -0.05) is 47.1 Å². The fourth-order valence-corrected chi connectivity index (χ4v) is 2.00. The van der Waals surface area contributed by atoms with Gasteiger partial charge < -0.3 is 9.84 Å². The molecule has 1 N–H and O–H groups in total. The van der Waals surface area contributed by atoms with Gasteiger partial charge in [-0.2, -0.15) is 4.98 Å². The number of rotatable bonds is 5. The summed E-state index contributed by atoms with van der Waals surface area (Å²) in [5.41, 5.74) is 1.15. The summed E-state index contributed by atoms with van der Waals surface area (Å²) in [6.45, 7) is 4.81. The van der Waals surface area contributed by atoms with Crippen LogP contribution in [0.25, 0.3) is 0 Å². The van der Waals surface area contributed by atoms with E-state index in [1.54, 1.807) is 0 Å². The van der Waals surface area contributed by atoms with Crippen molar-refractivity contribution in [1.29, 1.82) is 0 Å². The lowest BCUT2D eigenvalue weighted by Gasteiger charge is -2.03. The van der Waals surface area contributed by atoms with Crippen LogP contribution in [0.15, 0.2) is 33.3 Å². The van der Waals surface area contributed by atoms with Crippen molar-refractivity contribution in [2.24, 2.45) is 0 Å². The molecule has 0 aliphatic carbocycles. The van der Waals surface area contributed by atoms with E-state index in [2.05, 4.69) is 51.3 Å². The first-order valence-corrected chi connectivity index (χ1v) is 6.72. The van der Waals surface area contributed by atoms with E-state index >= 15 is 0 Å². The maximum absolute atomic E-state index is 5.22. The van der Waals surface area contributed by atoms with Gasteiger partial charge in [0.2, 0.25) is 5.89 Å². The number of halogens is 1. The molecule has 18 heavy (non-hydrogen) atoms. The van der Waals surface area contributed by atoms with Crippen molar-refractivity contribution in [2.75, 3.05) is 0 Å². The van der Waals surface area contributed by atoms with Crippen molar-refractivity contribution >= 4 is 15.9 Å². The summed E-state index contributed by atoms with van der Waals surface area (Å²) < 4.78 is 6.28. The molecule has 0 fully saturated rings. The first kappa shape index (κ1) is 13.2. The molecular weight excluding hydrogens is 294 g/mol. The molecule has 0 saturated carbocycles. The minimum atomic E-state index is 0.414. The molecule has 0 aliphatic heterocycles. The second kappa shape index (κ2) is 6.11. The number of nitrogens with one attached hydrogen (secondary N) is 1. The predicted molar refractivity (Wildman–Crippen MR) is 73.2 cm³/mol. The molecule has 0 atom stereocenters. The highest BCUT2D eigenvalue weighted by Gasteiger charge is 2.07. The Balaban J connectivity index is 1.98. The lowest BCUT2D eigenvalue weighted by Crippen LogP contribution is -2.22. The fraction of sp³-hybridized carbons (Fsp3) is 0.385. The molecule has 0 amide bonds. The Labute approximate surface area is 115 Å². The van der Waals surface area contributed by atoms with E-state index in [1.807, 2.05) is 18.2 Å². The van der Waals surface area contributed by atoms with Crippen molar-refractivity contribution in [3.63, 3.8) is 0 Å². The Kier molecular flexibility index (Phi) is 4.49. The summed E-state index contributed by atoms with van der Waals surface area (Å²) in [4.78, 5) is 4.35. The molecule has 2 rings (SSSR count). The average molecular weight is 310 g/mol. The quantitative estimate of drug-likeness (QED) is 0.922. The third kappa shape index (κ3) is 3.92. The van der Waals surface area contributed by atoms with Crippen molar-refractivity contribution < 1.29 is 4.52 Å². The molecule has 1 aromatic heterocycles. The number of hydrogen-bond donors (Lipinski definition) is 1. The van der Waals surface area contributed by atoms with Crippen LogP contribution in [0.4, 0.5) is 0 Å². The molecule has 0 unspecified atom stereocenters. The molecule has 0 spiro atoms. The number of aromatic nitrogens is 2. The molecule has 96 valence electrons. The van der Waals surface area contributed by atoms with Crippen LogP contribution in [-0.2, 0) is 13.0 Å². The minimum absolute atomic E-state index is 0.414. The zero-order valence-electron chi connectivity index (χ0n) is 10.5. The van der Waals surface area contributed by atoms with Crippen LogP contribution in [0.3, 0.4) is 0 Å². The van der Waals surface area contributed by atoms with Crippen LogP contribution in [0.2, 0.25) is 0 Å². The van der Waals surface area contributed by atoms with Crippen molar-refractivity contribution in [3.05, 3.63) is 46.0 Å². The zero-order valence-corrected chi connectivity index (χ0v) is 12.1. The smallest absolute Gasteiger partial charge is 0.231 e. The third-order valence-corrected chi connectivity index (χ3v) is 2.92. The molecule has 1 aromatic carbocycles. The summed E-state index contributed by atoms with van der Waals surface area (Å²) in [6, 6.07) is 8.50. The van der Waals surface area contributed by atoms with Gasteiger partial charge in [0, 0.05) is 10.5 Å². The van der Waals surface area contributed by atoms with Gasteiger partial charge in [-0.15, -0.1) is 0 Å². The van der Waals surface area contributed by atoms with Gasteiger partial charge in [-0.25, -0.2) is 0 Å². The summed E-state index contributed by atoms with van der Waals surface area (Å²) >= 11 is 3.44. The summed E-state index contributed by atoms with van der Waals surface area (Å²) in [5.74, 6) is 1.35. The summed E-state index contributed by atoms with van der Waals surface area (Å²) in [5, 5.41) is 7.20. The van der Waals surface area contributed by atoms with Gasteiger partial charge in [0.05, 0.1) is 13.0 Å². The highest BCUT2D eigenvalue weighted by atomic mass is 79.9. The number of nitrogens with zero attached hydrogens (tertiary/aromatic N) is 2. The molecule has 0 radical (unpaired) electrons. The lowest BCUT2D eigenvalue weighted by molar-refractivity contribution is 0.376. The molecule has 0 bridgehead atoms. The van der Waals surface area contributed by atoms with Crippen molar-refractivity contribution in [1.82, 2.24) is 15.5 Å². The normalized spacial score (nSPS) is 11.1. The summed E-state index contributed by atoms with van der Waals surface area (Å²) in [7, 11) is 0. The molecule has 0 aliphatic rings. The van der Waals surface area contributed by atoms with Gasteiger partial charge >= 0.3 is 0 Å². The number of hydrogen-bond acceptors (Lipinski definition) is 4. The van der Waals surface area contributed by atoms with E-state index in [0.29, 0.717) is 30.7 Å². The van der Waals surface area contributed by atoms with Crippen LogP contribution in [0, 0.1) is 0 Å². The van der Waals surface area contributed by atoms with Gasteiger partial charge in [0.15, 0.2) is 5.82 Å². The monoisotopic (exact) mass is 309 g/mol. The van der Waals surface area contributed by atoms with Crippen LogP contribution < -0.4 is 5.32 Å². The van der Waals surface area contributed by atoms with Crippen molar-refractivity contribution in [3.8, 4) is 0 Å². The SMILES string of the molecule is CC(C)NCc1noc(Cc2cccc(Br)c2)n1. The fourth-order valence-electron chi connectivity index (χ4n) is 1.55. The maximum Gasteiger partial charge on any atom is 0.231 e. The van der Waals surface area contributed by atoms with E-state index < -0.39 is 0 Å². The maximum atomic E-state index is 5.22. The number of benzene rings is 1. The van der Waals surface area contributed by atoms with E-state index in [1.165, 1.54) is 0 Å². The molecule has 4 nitrogen and oxygen atoms in total. The molecule has 1 heterocycles. The van der Waals surface area contributed by atoms with Gasteiger partial charge in [-0.05, 0) is 17.7 Å². The van der Waals surface area contributed by atoms with E-state index in [-0.39, 0.29) is 0 Å². The zero-order chi connectivity index (χ0) is 13.0. The topological polar surface area (TPSA) is 51.0 Å². The Morgan fingerprint density at radius 2 is 2.22 bits per heavy atom.